The van der Waals surface area contributed by atoms with Crippen LogP contribution >= 0.6 is 0 Å². The Morgan fingerprint density at radius 1 is 0.588 bits per heavy atom. The molecular formula is C30H64O4. The molecule has 4 nitrogen and oxygen atoms in total. The average Bonchev–Trinajstić information content (AvgIpc) is 2.84. The summed E-state index contributed by atoms with van der Waals surface area (Å²) in [4.78, 5) is 0. The first-order chi connectivity index (χ1) is 16.6. The molecule has 0 spiro atoms. The Morgan fingerprint density at radius 3 is 1.38 bits per heavy atom. The Morgan fingerprint density at radius 2 is 1.00 bits per heavy atom. The van der Waals surface area contributed by atoms with Gasteiger partial charge < -0.3 is 20.1 Å². The monoisotopic (exact) mass is 488 g/mol. The number of ether oxygens (including phenoxy) is 1. The number of aliphatic hydroxyl groups is 3. The smallest absolute Gasteiger partial charge is 0.0547 e. The second-order valence-electron chi connectivity index (χ2n) is 9.38. The van der Waals surface area contributed by atoms with Gasteiger partial charge in [-0.05, 0) is 39.0 Å². The molecule has 0 aromatic heterocycles. The second-order valence-corrected chi connectivity index (χ2v) is 9.38. The number of hydrogen-bond acceptors (Lipinski definition) is 4. The predicted octanol–water partition coefficient (Wildman–Crippen LogP) is 8.37. The van der Waals surface area contributed by atoms with E-state index in [-0.39, 0.29) is 19.8 Å². The average molecular weight is 489 g/mol. The third-order valence-electron chi connectivity index (χ3n) is 5.75. The van der Waals surface area contributed by atoms with E-state index in [0.717, 1.165) is 6.42 Å². The molecule has 0 aliphatic rings. The van der Waals surface area contributed by atoms with Crippen molar-refractivity contribution in [3.8, 4) is 0 Å². The summed E-state index contributed by atoms with van der Waals surface area (Å²) in [7, 11) is 0. The van der Waals surface area contributed by atoms with Gasteiger partial charge >= 0.3 is 0 Å². The molecule has 0 aromatic carbocycles. The van der Waals surface area contributed by atoms with Crippen molar-refractivity contribution in [3.63, 3.8) is 0 Å². The topological polar surface area (TPSA) is 69.9 Å². The SMILES string of the molecule is C=CCCCCCCCCCC.CCCCCCCCCCC(C)OCCCO.OCCCO. The molecule has 0 bridgehead atoms. The van der Waals surface area contributed by atoms with Crippen molar-refractivity contribution in [1.82, 2.24) is 0 Å². The first-order valence-corrected chi connectivity index (χ1v) is 14.7. The maximum absolute atomic E-state index is 8.63. The molecule has 0 aliphatic heterocycles. The fourth-order valence-corrected chi connectivity index (χ4v) is 3.49. The van der Waals surface area contributed by atoms with E-state index in [1.807, 2.05) is 6.08 Å². The first-order valence-electron chi connectivity index (χ1n) is 14.7. The number of unbranched alkanes of at least 4 members (excludes halogenated alkanes) is 15. The molecular weight excluding hydrogens is 424 g/mol. The van der Waals surface area contributed by atoms with Crippen LogP contribution in [-0.2, 0) is 4.74 Å². The Hall–Kier alpha value is -0.420. The zero-order valence-electron chi connectivity index (χ0n) is 23.6. The van der Waals surface area contributed by atoms with E-state index in [2.05, 4.69) is 27.4 Å². The van der Waals surface area contributed by atoms with Gasteiger partial charge in [0.05, 0.1) is 6.10 Å². The van der Waals surface area contributed by atoms with Gasteiger partial charge in [0.1, 0.15) is 0 Å². The lowest BCUT2D eigenvalue weighted by molar-refractivity contribution is 0.0490. The van der Waals surface area contributed by atoms with Crippen LogP contribution in [0.25, 0.3) is 0 Å². The minimum atomic E-state index is 0.0938. The molecule has 0 saturated carbocycles. The normalized spacial score (nSPS) is 11.2. The molecule has 4 heteroatoms. The standard InChI is InChI=1S/C15H32O2.C12H24.C3H8O2/c1-3-4-5-6-7-8-9-10-12-15(2)17-14-11-13-16;1-3-5-7-9-11-12-10-8-6-4-2;4-2-1-3-5/h15-16H,3-14H2,1-2H3;3H,1,4-12H2,2H3;4-5H,1-3H2. The van der Waals surface area contributed by atoms with Gasteiger partial charge in [-0.25, -0.2) is 0 Å². The number of allylic oxidation sites excluding steroid dienone is 1. The van der Waals surface area contributed by atoms with Crippen molar-refractivity contribution < 1.29 is 20.1 Å². The highest BCUT2D eigenvalue weighted by atomic mass is 16.5. The quantitative estimate of drug-likeness (QED) is 0.0942. The largest absolute Gasteiger partial charge is 0.396 e. The Bertz CT molecular complexity index is 321. The van der Waals surface area contributed by atoms with Crippen LogP contribution in [0.1, 0.15) is 149 Å². The van der Waals surface area contributed by atoms with Gasteiger partial charge in [0.2, 0.25) is 0 Å². The highest BCUT2D eigenvalue weighted by molar-refractivity contribution is 4.65. The molecule has 0 rings (SSSR count). The summed E-state index contributed by atoms with van der Waals surface area (Å²) >= 11 is 0. The molecule has 0 radical (unpaired) electrons. The van der Waals surface area contributed by atoms with Crippen LogP contribution in [0.3, 0.4) is 0 Å². The minimum Gasteiger partial charge on any atom is -0.396 e. The van der Waals surface area contributed by atoms with Gasteiger partial charge in [0, 0.05) is 26.4 Å². The number of rotatable bonds is 24. The third-order valence-corrected chi connectivity index (χ3v) is 5.75. The first kappa shape index (κ1) is 38.1. The van der Waals surface area contributed by atoms with E-state index < -0.39 is 0 Å². The van der Waals surface area contributed by atoms with Crippen LogP contribution in [0.4, 0.5) is 0 Å². The summed E-state index contributed by atoms with van der Waals surface area (Å²) in [5.74, 6) is 0. The van der Waals surface area contributed by atoms with Gasteiger partial charge in [-0.15, -0.1) is 6.58 Å². The Balaban J connectivity index is -0.000000490. The van der Waals surface area contributed by atoms with Crippen molar-refractivity contribution in [1.29, 1.82) is 0 Å². The van der Waals surface area contributed by atoms with Crippen LogP contribution < -0.4 is 0 Å². The molecule has 3 N–H and O–H groups in total. The van der Waals surface area contributed by atoms with Gasteiger partial charge in [-0.3, -0.25) is 0 Å². The lowest BCUT2D eigenvalue weighted by Crippen LogP contribution is -2.09. The van der Waals surface area contributed by atoms with Gasteiger partial charge in [-0.1, -0.05) is 116 Å². The Labute approximate surface area is 214 Å². The molecule has 0 aliphatic carbocycles. The van der Waals surface area contributed by atoms with Crippen molar-refractivity contribution in [3.05, 3.63) is 12.7 Å². The van der Waals surface area contributed by atoms with Gasteiger partial charge in [-0.2, -0.15) is 0 Å². The molecule has 208 valence electrons. The lowest BCUT2D eigenvalue weighted by Gasteiger charge is -2.12. The molecule has 0 heterocycles. The fraction of sp³-hybridized carbons (Fsp3) is 0.933. The van der Waals surface area contributed by atoms with Crippen LogP contribution in [0, 0.1) is 0 Å². The number of aliphatic hydroxyl groups excluding tert-OH is 3. The van der Waals surface area contributed by atoms with E-state index in [1.54, 1.807) is 0 Å². The van der Waals surface area contributed by atoms with E-state index in [9.17, 15) is 0 Å². The Kier molecular flexibility index (Phi) is 44.6. The summed E-state index contributed by atoms with van der Waals surface area (Å²) in [6, 6.07) is 0. The van der Waals surface area contributed by atoms with E-state index >= 15 is 0 Å². The summed E-state index contributed by atoms with van der Waals surface area (Å²) < 4.78 is 5.58. The molecule has 0 fully saturated rings. The molecule has 1 atom stereocenters. The van der Waals surface area contributed by atoms with Crippen LogP contribution in [-0.4, -0.2) is 47.9 Å². The molecule has 34 heavy (non-hydrogen) atoms. The van der Waals surface area contributed by atoms with E-state index in [0.29, 0.717) is 19.1 Å². The number of hydrogen-bond donors (Lipinski definition) is 3. The summed E-state index contributed by atoms with van der Waals surface area (Å²) in [5, 5.41) is 24.4. The van der Waals surface area contributed by atoms with Crippen molar-refractivity contribution in [2.24, 2.45) is 0 Å². The third kappa shape index (κ3) is 45.1. The van der Waals surface area contributed by atoms with Gasteiger partial charge in [0.15, 0.2) is 0 Å². The van der Waals surface area contributed by atoms with Crippen molar-refractivity contribution in [2.45, 2.75) is 155 Å². The molecule has 0 aromatic rings. The predicted molar refractivity (Wildman–Crippen MR) is 151 cm³/mol. The summed E-state index contributed by atoms with van der Waals surface area (Å²) in [6.07, 6.45) is 28.3. The minimum absolute atomic E-state index is 0.0938. The van der Waals surface area contributed by atoms with E-state index in [1.165, 1.54) is 116 Å². The zero-order valence-corrected chi connectivity index (χ0v) is 23.6. The highest BCUT2D eigenvalue weighted by Crippen LogP contribution is 2.12. The van der Waals surface area contributed by atoms with Crippen LogP contribution in [0.5, 0.6) is 0 Å². The summed E-state index contributed by atoms with van der Waals surface area (Å²) in [5.41, 5.74) is 0. The highest BCUT2D eigenvalue weighted by Gasteiger charge is 2.01. The van der Waals surface area contributed by atoms with Gasteiger partial charge in [0.25, 0.3) is 0 Å². The zero-order chi connectivity index (χ0) is 26.0. The maximum Gasteiger partial charge on any atom is 0.0547 e. The van der Waals surface area contributed by atoms with Crippen molar-refractivity contribution >= 4 is 0 Å². The lowest BCUT2D eigenvalue weighted by atomic mass is 10.1. The second kappa shape index (κ2) is 39.8. The molecule has 0 amide bonds. The molecule has 0 saturated heterocycles. The van der Waals surface area contributed by atoms with Crippen LogP contribution in [0.15, 0.2) is 12.7 Å². The van der Waals surface area contributed by atoms with Crippen LogP contribution in [0.2, 0.25) is 0 Å². The summed E-state index contributed by atoms with van der Waals surface area (Å²) in [6.45, 7) is 11.5. The van der Waals surface area contributed by atoms with Crippen molar-refractivity contribution in [2.75, 3.05) is 26.4 Å². The maximum atomic E-state index is 8.63. The molecule has 1 unspecified atom stereocenters. The van der Waals surface area contributed by atoms with E-state index in [4.69, 9.17) is 20.1 Å². The fourth-order valence-electron chi connectivity index (χ4n) is 3.49.